The average Bonchev–Trinajstić information content (AvgIpc) is 3.27. The van der Waals surface area contributed by atoms with E-state index in [0.717, 1.165) is 11.1 Å². The summed E-state index contributed by atoms with van der Waals surface area (Å²) in [4.78, 5) is 121. The van der Waals surface area contributed by atoms with Crippen LogP contribution in [0.1, 0.15) is 65.5 Å². The summed E-state index contributed by atoms with van der Waals surface area (Å²) >= 11 is 0. The van der Waals surface area contributed by atoms with Crippen LogP contribution < -0.4 is 72.1 Å². The van der Waals surface area contributed by atoms with E-state index in [-0.39, 0.29) is 96.9 Å². The minimum atomic E-state index is -1.20. The maximum absolute atomic E-state index is 13.1. The molecule has 2 aromatic rings. The maximum Gasteiger partial charge on any atom is 1.00 e. The molecule has 0 heterocycles. The second-order valence-electron chi connectivity index (χ2n) is 16.3. The van der Waals surface area contributed by atoms with Gasteiger partial charge in [-0.2, -0.15) is 0 Å². The summed E-state index contributed by atoms with van der Waals surface area (Å²) in [6.07, 6.45) is 0.917. The number of ether oxygens (including phenoxy) is 1. The van der Waals surface area contributed by atoms with Gasteiger partial charge in [-0.3, -0.25) is 47.9 Å². The van der Waals surface area contributed by atoms with E-state index in [1.807, 2.05) is 52.0 Å². The topological polar surface area (TPSA) is 326 Å². The molecule has 0 radical (unpaired) electrons. The van der Waals surface area contributed by atoms with Gasteiger partial charge in [0.2, 0.25) is 47.3 Å². The number of esters is 1. The summed E-state index contributed by atoms with van der Waals surface area (Å²) in [6.45, 7) is 15.9. The van der Waals surface area contributed by atoms with Gasteiger partial charge in [-0.15, -0.1) is 0 Å². The Bertz CT molecular complexity index is 2050. The van der Waals surface area contributed by atoms with Crippen LogP contribution in [0.2, 0.25) is 0 Å². The molecule has 0 spiro atoms. The van der Waals surface area contributed by atoms with Crippen molar-refractivity contribution in [3.63, 3.8) is 0 Å². The van der Waals surface area contributed by atoms with E-state index >= 15 is 0 Å². The monoisotopic (exact) mass is 974 g/mol. The summed E-state index contributed by atoms with van der Waals surface area (Å²) in [5.41, 5.74) is 2.07. The Hall–Kier alpha value is -6.42. The van der Waals surface area contributed by atoms with E-state index in [4.69, 9.17) is 5.11 Å². The van der Waals surface area contributed by atoms with Crippen LogP contribution in [0.3, 0.4) is 0 Å². The number of methoxy groups -OCH3 is 1. The van der Waals surface area contributed by atoms with Gasteiger partial charge >= 0.3 is 41.5 Å². The first kappa shape index (κ1) is 64.7. The number of aliphatic carboxylic acids is 1. The Morgan fingerprint density at radius 3 is 1.17 bits per heavy atom. The van der Waals surface area contributed by atoms with Crippen LogP contribution in [0.4, 0.5) is 0 Å². The number of carbonyl (C=O) groups is 10. The summed E-state index contributed by atoms with van der Waals surface area (Å²) in [5, 5.41) is 28.8. The molecule has 4 atom stereocenters. The predicted molar refractivity (Wildman–Crippen MR) is 250 cm³/mol. The van der Waals surface area contributed by atoms with Crippen LogP contribution in [-0.4, -0.2) is 127 Å². The van der Waals surface area contributed by atoms with E-state index in [1.165, 1.54) is 21.0 Å². The van der Waals surface area contributed by atoms with Gasteiger partial charge in [0.05, 0.1) is 20.2 Å². The van der Waals surface area contributed by atoms with Crippen LogP contribution in [0.25, 0.3) is 0 Å². The van der Waals surface area contributed by atoms with Gasteiger partial charge in [0.25, 0.3) is 0 Å². The molecule has 22 heteroatoms. The summed E-state index contributed by atoms with van der Waals surface area (Å²) in [6, 6.07) is 14.1. The number of benzene rings is 2. The van der Waals surface area contributed by atoms with Crippen molar-refractivity contribution < 1.29 is 92.8 Å². The number of amides is 8. The SMILES string of the molecule is C=C(C)C(=O)NCC(=O)NC(Cc1ccccc1)C(=O)NC(CC(C)C)C(=O)NCC(=O)O.C=C(C)C(=O)NCC(=O)NC(Cc1ccccc1)C(=O)NC(CC(C)C)C(=O)NCC(=O)OC.[Na+].[OH-]. The van der Waals surface area contributed by atoms with E-state index in [2.05, 4.69) is 60.4 Å². The summed E-state index contributed by atoms with van der Waals surface area (Å²) in [7, 11) is 1.21. The second kappa shape index (κ2) is 34.8. The number of hydrogen-bond donors (Lipinski definition) is 9. The van der Waals surface area contributed by atoms with Crippen molar-refractivity contribution in [1.82, 2.24) is 42.5 Å². The Morgan fingerprint density at radius 1 is 0.522 bits per heavy atom. The molecule has 0 saturated heterocycles. The maximum atomic E-state index is 13.1. The smallest absolute Gasteiger partial charge is 0.870 e. The minimum Gasteiger partial charge on any atom is -0.870 e. The number of carbonyl (C=O) groups excluding carboxylic acids is 9. The van der Waals surface area contributed by atoms with Crippen molar-refractivity contribution in [2.24, 2.45) is 11.8 Å². The molecule has 0 aliphatic rings. The fourth-order valence-corrected chi connectivity index (χ4v) is 5.82. The molecule has 2 aromatic carbocycles. The Labute approximate surface area is 425 Å². The van der Waals surface area contributed by atoms with Crippen molar-refractivity contribution in [2.45, 2.75) is 91.4 Å². The molecule has 69 heavy (non-hydrogen) atoms. The molecule has 0 aromatic heterocycles. The van der Waals surface area contributed by atoms with Crippen molar-refractivity contribution in [1.29, 1.82) is 0 Å². The van der Waals surface area contributed by atoms with E-state index in [1.54, 1.807) is 36.4 Å². The molecule has 21 nitrogen and oxygen atoms in total. The summed E-state index contributed by atoms with van der Waals surface area (Å²) in [5.74, 6) is -6.17. The van der Waals surface area contributed by atoms with Crippen LogP contribution in [-0.2, 0) is 65.5 Å². The quantitative estimate of drug-likeness (QED) is 0.0262. The predicted octanol–water partition coefficient (Wildman–Crippen LogP) is -2.81. The molecule has 4 unspecified atom stereocenters. The molecule has 8 amide bonds. The van der Waals surface area contributed by atoms with Crippen LogP contribution >= 0.6 is 0 Å². The standard InChI is InChI=1S/C24H34N4O6.C23H32N4O6.Na.H2O/c1-15(2)11-18(23(32)26-14-21(30)34-5)28-24(33)19(12-17-9-7-6-8-10-17)27-20(29)13-25-22(31)16(3)4;1-14(2)10-17(22(32)25-13-20(29)30)27-23(33)18(11-16-8-6-5-7-9-16)26-19(28)12-24-21(31)15(3)4;;/h6-10,15,18-19H,3,11-14H2,1-2,4-5H3,(H,25,31)(H,26,32)(H,27,29)(H,28,33);5-9,14,17-18H,3,10-13H2,1-2,4H3,(H,24,31)(H,25,32)(H,26,28)(H,27,33)(H,29,30);;1H2/q;;+1;/p-1. The van der Waals surface area contributed by atoms with E-state index < -0.39 is 89.9 Å². The molecular weight excluding hydrogens is 908 g/mol. The molecule has 0 aliphatic carbocycles. The Morgan fingerprint density at radius 2 is 0.870 bits per heavy atom. The zero-order chi connectivity index (χ0) is 50.6. The third kappa shape index (κ3) is 28.5. The molecule has 0 fully saturated rings. The van der Waals surface area contributed by atoms with Gasteiger partial charge in [0.15, 0.2) is 0 Å². The number of hydrogen-bond acceptors (Lipinski definition) is 12. The zero-order valence-corrected chi connectivity index (χ0v) is 42.7. The first-order valence-electron chi connectivity index (χ1n) is 21.5. The van der Waals surface area contributed by atoms with Crippen LogP contribution in [0.15, 0.2) is 85.0 Å². The first-order chi connectivity index (χ1) is 31.5. The number of nitrogens with one attached hydrogen (secondary N) is 8. The van der Waals surface area contributed by atoms with Crippen molar-refractivity contribution in [3.05, 3.63) is 96.1 Å². The number of rotatable bonds is 26. The Balaban J connectivity index is 0. The molecule has 374 valence electrons. The Kier molecular flexibility index (Phi) is 32.6. The van der Waals surface area contributed by atoms with Crippen LogP contribution in [0, 0.1) is 11.8 Å². The normalized spacial score (nSPS) is 11.8. The van der Waals surface area contributed by atoms with Gasteiger partial charge in [0, 0.05) is 24.0 Å². The molecule has 10 N–H and O–H groups in total. The van der Waals surface area contributed by atoms with Gasteiger partial charge in [-0.1, -0.05) is 102 Å². The summed E-state index contributed by atoms with van der Waals surface area (Å²) < 4.78 is 4.52. The molecule has 0 aliphatic heterocycles. The molecule has 0 saturated carbocycles. The van der Waals surface area contributed by atoms with Gasteiger partial charge in [0.1, 0.15) is 37.3 Å². The third-order valence-corrected chi connectivity index (χ3v) is 9.19. The van der Waals surface area contributed by atoms with Gasteiger partial charge in [-0.05, 0) is 49.7 Å². The van der Waals surface area contributed by atoms with Gasteiger partial charge in [-0.25, -0.2) is 0 Å². The van der Waals surface area contributed by atoms with Crippen molar-refractivity contribution in [3.8, 4) is 0 Å². The fourth-order valence-electron chi connectivity index (χ4n) is 5.82. The fraction of sp³-hybridized carbons (Fsp3) is 0.447. The van der Waals surface area contributed by atoms with E-state index in [9.17, 15) is 47.9 Å². The largest absolute Gasteiger partial charge is 1.00 e. The van der Waals surface area contributed by atoms with Crippen molar-refractivity contribution in [2.75, 3.05) is 33.3 Å². The number of carboxylic acid groups (broad SMARTS) is 1. The third-order valence-electron chi connectivity index (χ3n) is 9.19. The average molecular weight is 975 g/mol. The molecule has 2 rings (SSSR count). The molecular formula is C47H67N8NaO13. The molecule has 0 bridgehead atoms. The first-order valence-corrected chi connectivity index (χ1v) is 21.5. The van der Waals surface area contributed by atoms with Crippen LogP contribution in [0.5, 0.6) is 0 Å². The minimum absolute atomic E-state index is 0. The van der Waals surface area contributed by atoms with Crippen molar-refractivity contribution >= 4 is 59.2 Å². The second-order valence-corrected chi connectivity index (χ2v) is 16.3. The van der Waals surface area contributed by atoms with E-state index in [0.29, 0.717) is 6.42 Å². The number of carboxylic acids is 1. The van der Waals surface area contributed by atoms with Gasteiger partial charge < -0.3 is 57.9 Å². The zero-order valence-electron chi connectivity index (χ0n) is 40.7.